The lowest BCUT2D eigenvalue weighted by molar-refractivity contribution is 0.328. The van der Waals surface area contributed by atoms with E-state index in [2.05, 4.69) is 39.8 Å². The molecule has 0 unspecified atom stereocenters. The summed E-state index contributed by atoms with van der Waals surface area (Å²) in [4.78, 5) is 8.21. The van der Waals surface area contributed by atoms with Crippen LogP contribution in [0.15, 0.2) is 22.9 Å². The predicted molar refractivity (Wildman–Crippen MR) is 74.4 cm³/mol. The van der Waals surface area contributed by atoms with Crippen LogP contribution < -0.4 is 5.73 Å². The molecular weight excluding hydrogens is 250 g/mol. The lowest BCUT2D eigenvalue weighted by Crippen LogP contribution is -2.20. The summed E-state index contributed by atoms with van der Waals surface area (Å²) in [6.45, 7) is 2.52. The van der Waals surface area contributed by atoms with Gasteiger partial charge in [0.15, 0.2) is 0 Å². The lowest BCUT2D eigenvalue weighted by atomic mass is 10.3. The SMILES string of the molecule is CN(CCc1cccs1)Cc1csc(CN)n1. The highest BCUT2D eigenvalue weighted by Gasteiger charge is 2.05. The quantitative estimate of drug-likeness (QED) is 0.873. The van der Waals surface area contributed by atoms with Crippen molar-refractivity contribution in [2.75, 3.05) is 13.6 Å². The van der Waals surface area contributed by atoms with Gasteiger partial charge in [-0.05, 0) is 24.9 Å². The normalized spacial score (nSPS) is 11.2. The summed E-state index contributed by atoms with van der Waals surface area (Å²) in [6, 6.07) is 4.29. The van der Waals surface area contributed by atoms with Crippen molar-refractivity contribution in [3.63, 3.8) is 0 Å². The van der Waals surface area contributed by atoms with Crippen molar-refractivity contribution in [1.29, 1.82) is 0 Å². The summed E-state index contributed by atoms with van der Waals surface area (Å²) in [7, 11) is 2.13. The summed E-state index contributed by atoms with van der Waals surface area (Å²) in [5.41, 5.74) is 6.68. The zero-order valence-electron chi connectivity index (χ0n) is 9.93. The van der Waals surface area contributed by atoms with Gasteiger partial charge in [0, 0.05) is 29.9 Å². The summed E-state index contributed by atoms with van der Waals surface area (Å²) >= 11 is 3.47. The fourth-order valence-corrected chi connectivity index (χ4v) is 2.99. The maximum atomic E-state index is 5.55. The highest BCUT2D eigenvalue weighted by Crippen LogP contribution is 2.12. The molecule has 0 amide bonds. The Balaban J connectivity index is 1.78. The second-order valence-electron chi connectivity index (χ2n) is 4.00. The molecule has 2 heterocycles. The van der Waals surface area contributed by atoms with E-state index < -0.39 is 0 Å². The molecule has 2 aromatic heterocycles. The molecule has 0 aliphatic carbocycles. The summed E-state index contributed by atoms with van der Waals surface area (Å²) in [6.07, 6.45) is 1.11. The van der Waals surface area contributed by atoms with Gasteiger partial charge < -0.3 is 10.6 Å². The van der Waals surface area contributed by atoms with Crippen LogP contribution in [0, 0.1) is 0 Å². The van der Waals surface area contributed by atoms with Crippen LogP contribution in [0.4, 0.5) is 0 Å². The third-order valence-electron chi connectivity index (χ3n) is 2.53. The number of hydrogen-bond donors (Lipinski definition) is 1. The first kappa shape index (κ1) is 12.7. The van der Waals surface area contributed by atoms with E-state index in [-0.39, 0.29) is 0 Å². The summed E-state index contributed by atoms with van der Waals surface area (Å²) in [5.74, 6) is 0. The maximum absolute atomic E-state index is 5.55. The Bertz CT molecular complexity index is 436. The van der Waals surface area contributed by atoms with Crippen LogP contribution >= 0.6 is 22.7 Å². The van der Waals surface area contributed by atoms with Crippen LogP contribution in [0.5, 0.6) is 0 Å². The standard InChI is InChI=1S/C12H17N3S2/c1-15(5-4-11-3-2-6-16-11)8-10-9-17-12(7-13)14-10/h2-3,6,9H,4-5,7-8,13H2,1H3. The highest BCUT2D eigenvalue weighted by molar-refractivity contribution is 7.10. The van der Waals surface area contributed by atoms with Crippen LogP contribution in [0.2, 0.25) is 0 Å². The van der Waals surface area contributed by atoms with Crippen molar-refractivity contribution in [2.45, 2.75) is 19.5 Å². The van der Waals surface area contributed by atoms with Gasteiger partial charge in [-0.25, -0.2) is 4.98 Å². The number of thiophene rings is 1. The predicted octanol–water partition coefficient (Wildman–Crippen LogP) is 2.34. The Morgan fingerprint density at radius 1 is 1.41 bits per heavy atom. The van der Waals surface area contributed by atoms with Gasteiger partial charge in [-0.15, -0.1) is 22.7 Å². The number of likely N-dealkylation sites (N-methyl/N-ethyl adjacent to an activating group) is 1. The Hall–Kier alpha value is -0.750. The lowest BCUT2D eigenvalue weighted by Gasteiger charge is -2.14. The monoisotopic (exact) mass is 267 g/mol. The van der Waals surface area contributed by atoms with Crippen molar-refractivity contribution in [3.8, 4) is 0 Å². The molecule has 17 heavy (non-hydrogen) atoms. The van der Waals surface area contributed by atoms with Gasteiger partial charge in [-0.3, -0.25) is 0 Å². The third kappa shape index (κ3) is 3.89. The molecule has 3 nitrogen and oxygen atoms in total. The van der Waals surface area contributed by atoms with E-state index in [0.717, 1.165) is 30.2 Å². The smallest absolute Gasteiger partial charge is 0.106 e. The van der Waals surface area contributed by atoms with E-state index in [0.29, 0.717) is 6.54 Å². The van der Waals surface area contributed by atoms with E-state index in [4.69, 9.17) is 5.73 Å². The number of thiazole rings is 1. The molecule has 0 bridgehead atoms. The first-order valence-electron chi connectivity index (χ1n) is 5.62. The molecule has 0 saturated carbocycles. The molecule has 92 valence electrons. The van der Waals surface area contributed by atoms with Crippen LogP contribution in [0.1, 0.15) is 15.6 Å². The molecule has 2 rings (SSSR count). The van der Waals surface area contributed by atoms with Gasteiger partial charge in [0.1, 0.15) is 5.01 Å². The van der Waals surface area contributed by atoms with Crippen molar-refractivity contribution < 1.29 is 0 Å². The molecule has 5 heteroatoms. The van der Waals surface area contributed by atoms with E-state index in [1.165, 1.54) is 4.88 Å². The van der Waals surface area contributed by atoms with Gasteiger partial charge >= 0.3 is 0 Å². The zero-order chi connectivity index (χ0) is 12.1. The highest BCUT2D eigenvalue weighted by atomic mass is 32.1. The van der Waals surface area contributed by atoms with Gasteiger partial charge in [-0.2, -0.15) is 0 Å². The number of hydrogen-bond acceptors (Lipinski definition) is 5. The zero-order valence-corrected chi connectivity index (χ0v) is 11.6. The van der Waals surface area contributed by atoms with Crippen molar-refractivity contribution >= 4 is 22.7 Å². The minimum atomic E-state index is 0.545. The second kappa shape index (κ2) is 6.26. The van der Waals surface area contributed by atoms with Crippen LogP contribution in [-0.4, -0.2) is 23.5 Å². The summed E-state index contributed by atoms with van der Waals surface area (Å²) < 4.78 is 0. The molecule has 0 fully saturated rings. The Kier molecular flexibility index (Phi) is 4.67. The largest absolute Gasteiger partial charge is 0.325 e. The fraction of sp³-hybridized carbons (Fsp3) is 0.417. The van der Waals surface area contributed by atoms with E-state index in [1.54, 1.807) is 11.3 Å². The second-order valence-corrected chi connectivity index (χ2v) is 5.98. The number of nitrogens with zero attached hydrogens (tertiary/aromatic N) is 2. The van der Waals surface area contributed by atoms with Crippen LogP contribution in [0.25, 0.3) is 0 Å². The molecule has 2 aromatic rings. The number of aromatic nitrogens is 1. The number of rotatable bonds is 6. The first-order chi connectivity index (χ1) is 8.28. The molecule has 0 aliphatic heterocycles. The average Bonchev–Trinajstić information content (AvgIpc) is 2.97. The van der Waals surface area contributed by atoms with Crippen LogP contribution in [-0.2, 0) is 19.5 Å². The molecule has 0 saturated heterocycles. The van der Waals surface area contributed by atoms with Crippen molar-refractivity contribution in [3.05, 3.63) is 38.5 Å². The maximum Gasteiger partial charge on any atom is 0.106 e. The molecule has 0 radical (unpaired) electrons. The first-order valence-corrected chi connectivity index (χ1v) is 7.38. The molecule has 0 atom stereocenters. The molecule has 0 spiro atoms. The Morgan fingerprint density at radius 3 is 2.94 bits per heavy atom. The third-order valence-corrected chi connectivity index (χ3v) is 4.38. The van der Waals surface area contributed by atoms with Crippen molar-refractivity contribution in [1.82, 2.24) is 9.88 Å². The van der Waals surface area contributed by atoms with E-state index in [9.17, 15) is 0 Å². The minimum absolute atomic E-state index is 0.545. The number of nitrogens with two attached hydrogens (primary N) is 1. The van der Waals surface area contributed by atoms with Gasteiger partial charge in [0.2, 0.25) is 0 Å². The van der Waals surface area contributed by atoms with Gasteiger partial charge in [-0.1, -0.05) is 6.07 Å². The molecule has 0 aromatic carbocycles. The average molecular weight is 267 g/mol. The van der Waals surface area contributed by atoms with E-state index in [1.807, 2.05) is 11.3 Å². The van der Waals surface area contributed by atoms with E-state index >= 15 is 0 Å². The van der Waals surface area contributed by atoms with Crippen molar-refractivity contribution in [2.24, 2.45) is 5.73 Å². The topological polar surface area (TPSA) is 42.1 Å². The fourth-order valence-electron chi connectivity index (χ4n) is 1.63. The minimum Gasteiger partial charge on any atom is -0.325 e. The van der Waals surface area contributed by atoms with Gasteiger partial charge in [0.05, 0.1) is 5.69 Å². The Labute approximate surface area is 110 Å². The molecule has 0 aliphatic rings. The molecule has 2 N–H and O–H groups in total. The Morgan fingerprint density at radius 2 is 2.29 bits per heavy atom. The van der Waals surface area contributed by atoms with Crippen LogP contribution in [0.3, 0.4) is 0 Å². The van der Waals surface area contributed by atoms with Gasteiger partial charge in [0.25, 0.3) is 0 Å². The summed E-state index contributed by atoms with van der Waals surface area (Å²) in [5, 5.41) is 5.25. The molecular formula is C12H17N3S2.